The van der Waals surface area contributed by atoms with Gasteiger partial charge in [-0.25, -0.2) is 4.79 Å². The molecule has 0 bridgehead atoms. The second kappa shape index (κ2) is 7.98. The monoisotopic (exact) mass is 313 g/mol. The molecule has 0 aliphatic heterocycles. The summed E-state index contributed by atoms with van der Waals surface area (Å²) in [5, 5.41) is 2.76. The van der Waals surface area contributed by atoms with Gasteiger partial charge in [0, 0.05) is 0 Å². The van der Waals surface area contributed by atoms with Crippen LogP contribution in [0.1, 0.15) is 22.8 Å². The highest BCUT2D eigenvalue weighted by atomic mass is 16.5. The molecule has 2 aromatic rings. The van der Waals surface area contributed by atoms with Gasteiger partial charge in [0.05, 0.1) is 31.4 Å². The van der Waals surface area contributed by atoms with Crippen LogP contribution in [-0.2, 0) is 16.0 Å². The van der Waals surface area contributed by atoms with Crippen LogP contribution in [0.15, 0.2) is 48.5 Å². The summed E-state index contributed by atoms with van der Waals surface area (Å²) in [5.74, 6) is 0.0848. The number of ether oxygens (including phenoxy) is 2. The lowest BCUT2D eigenvalue weighted by molar-refractivity contribution is -0.115. The fourth-order valence-corrected chi connectivity index (χ4v) is 2.10. The standard InChI is InChI=1S/C18H19NO4/c1-3-23-18(21)15-6-4-5-7-16(15)19-17(20)12-13-8-10-14(22-2)11-9-13/h4-11H,3,12H2,1-2H3,(H,19,20). The van der Waals surface area contributed by atoms with Crippen molar-refractivity contribution in [2.45, 2.75) is 13.3 Å². The predicted octanol–water partition coefficient (Wildman–Crippen LogP) is 3.05. The molecule has 0 spiro atoms. The molecule has 0 aromatic heterocycles. The minimum atomic E-state index is -0.451. The third kappa shape index (κ3) is 4.57. The lowest BCUT2D eigenvalue weighted by Gasteiger charge is -2.10. The summed E-state index contributed by atoms with van der Waals surface area (Å²) < 4.78 is 10.1. The van der Waals surface area contributed by atoms with Crippen molar-refractivity contribution in [2.75, 3.05) is 19.0 Å². The molecule has 2 rings (SSSR count). The molecule has 0 saturated heterocycles. The van der Waals surface area contributed by atoms with E-state index in [0.717, 1.165) is 11.3 Å². The SMILES string of the molecule is CCOC(=O)c1ccccc1NC(=O)Cc1ccc(OC)cc1. The van der Waals surface area contributed by atoms with E-state index >= 15 is 0 Å². The molecule has 120 valence electrons. The van der Waals surface area contributed by atoms with Crippen molar-refractivity contribution in [3.63, 3.8) is 0 Å². The van der Waals surface area contributed by atoms with Gasteiger partial charge in [-0.2, -0.15) is 0 Å². The van der Waals surface area contributed by atoms with Crippen molar-refractivity contribution >= 4 is 17.6 Å². The summed E-state index contributed by atoms with van der Waals surface area (Å²) in [5.41, 5.74) is 1.65. The first-order valence-electron chi connectivity index (χ1n) is 7.33. The van der Waals surface area contributed by atoms with E-state index in [-0.39, 0.29) is 18.9 Å². The quantitative estimate of drug-likeness (QED) is 0.833. The number of hydrogen-bond donors (Lipinski definition) is 1. The first-order chi connectivity index (χ1) is 11.1. The number of anilines is 1. The van der Waals surface area contributed by atoms with E-state index in [4.69, 9.17) is 9.47 Å². The van der Waals surface area contributed by atoms with Crippen molar-refractivity contribution < 1.29 is 19.1 Å². The Morgan fingerprint density at radius 3 is 2.39 bits per heavy atom. The Kier molecular flexibility index (Phi) is 5.74. The van der Waals surface area contributed by atoms with Gasteiger partial charge in [0.2, 0.25) is 5.91 Å². The number of hydrogen-bond acceptors (Lipinski definition) is 4. The maximum atomic E-state index is 12.2. The van der Waals surface area contributed by atoms with Crippen molar-refractivity contribution in [1.82, 2.24) is 0 Å². The molecule has 23 heavy (non-hydrogen) atoms. The number of carbonyl (C=O) groups excluding carboxylic acids is 2. The normalized spacial score (nSPS) is 10.0. The number of carbonyl (C=O) groups is 2. The molecule has 5 nitrogen and oxygen atoms in total. The van der Waals surface area contributed by atoms with Gasteiger partial charge in [-0.1, -0.05) is 24.3 Å². The second-order valence-electron chi connectivity index (χ2n) is 4.84. The van der Waals surface area contributed by atoms with Crippen molar-refractivity contribution in [3.8, 4) is 5.75 Å². The fourth-order valence-electron chi connectivity index (χ4n) is 2.10. The lowest BCUT2D eigenvalue weighted by Crippen LogP contribution is -2.17. The fraction of sp³-hybridized carbons (Fsp3) is 0.222. The molecule has 0 radical (unpaired) electrons. The largest absolute Gasteiger partial charge is 0.497 e. The summed E-state index contributed by atoms with van der Waals surface area (Å²) in [6.45, 7) is 2.02. The summed E-state index contributed by atoms with van der Waals surface area (Å²) in [6, 6.07) is 14.0. The van der Waals surface area contributed by atoms with Gasteiger partial charge in [-0.05, 0) is 36.8 Å². The Hall–Kier alpha value is -2.82. The van der Waals surface area contributed by atoms with Crippen molar-refractivity contribution in [2.24, 2.45) is 0 Å². The highest BCUT2D eigenvalue weighted by Gasteiger charge is 2.14. The van der Waals surface area contributed by atoms with Crippen LogP contribution in [0.4, 0.5) is 5.69 Å². The van der Waals surface area contributed by atoms with Crippen LogP contribution in [0, 0.1) is 0 Å². The Labute approximate surface area is 135 Å². The molecule has 0 saturated carbocycles. The van der Waals surface area contributed by atoms with E-state index < -0.39 is 5.97 Å². The van der Waals surface area contributed by atoms with E-state index in [1.54, 1.807) is 50.4 Å². The summed E-state index contributed by atoms with van der Waals surface area (Å²) in [4.78, 5) is 24.1. The zero-order valence-corrected chi connectivity index (χ0v) is 13.2. The number of para-hydroxylation sites is 1. The first kappa shape index (κ1) is 16.5. The Morgan fingerprint density at radius 1 is 1.04 bits per heavy atom. The van der Waals surface area contributed by atoms with Crippen LogP contribution in [0.3, 0.4) is 0 Å². The molecule has 0 aliphatic carbocycles. The van der Waals surface area contributed by atoms with Gasteiger partial charge in [-0.3, -0.25) is 4.79 Å². The Balaban J connectivity index is 2.06. The number of benzene rings is 2. The van der Waals surface area contributed by atoms with Gasteiger partial charge < -0.3 is 14.8 Å². The van der Waals surface area contributed by atoms with Crippen LogP contribution < -0.4 is 10.1 Å². The average molecular weight is 313 g/mol. The van der Waals surface area contributed by atoms with E-state index in [9.17, 15) is 9.59 Å². The molecule has 0 atom stereocenters. The average Bonchev–Trinajstić information content (AvgIpc) is 2.56. The molecule has 2 aromatic carbocycles. The van der Waals surface area contributed by atoms with Crippen LogP contribution in [0.2, 0.25) is 0 Å². The number of esters is 1. The van der Waals surface area contributed by atoms with E-state index in [1.165, 1.54) is 0 Å². The second-order valence-corrected chi connectivity index (χ2v) is 4.84. The molecule has 1 amide bonds. The lowest BCUT2D eigenvalue weighted by atomic mass is 10.1. The highest BCUT2D eigenvalue weighted by Crippen LogP contribution is 2.17. The minimum absolute atomic E-state index is 0.202. The molecular weight excluding hydrogens is 294 g/mol. The smallest absolute Gasteiger partial charge is 0.340 e. The number of methoxy groups -OCH3 is 1. The van der Waals surface area contributed by atoms with Crippen LogP contribution in [0.25, 0.3) is 0 Å². The topological polar surface area (TPSA) is 64.6 Å². The van der Waals surface area contributed by atoms with E-state index in [2.05, 4.69) is 5.32 Å². The molecule has 5 heteroatoms. The number of nitrogens with one attached hydrogen (secondary N) is 1. The summed E-state index contributed by atoms with van der Waals surface area (Å²) in [7, 11) is 1.59. The third-order valence-electron chi connectivity index (χ3n) is 3.22. The molecular formula is C18H19NO4. The van der Waals surface area contributed by atoms with Gasteiger partial charge in [-0.15, -0.1) is 0 Å². The van der Waals surface area contributed by atoms with Crippen molar-refractivity contribution in [3.05, 3.63) is 59.7 Å². The zero-order chi connectivity index (χ0) is 16.7. The predicted molar refractivity (Wildman–Crippen MR) is 87.7 cm³/mol. The van der Waals surface area contributed by atoms with E-state index in [0.29, 0.717) is 11.3 Å². The van der Waals surface area contributed by atoms with Crippen LogP contribution >= 0.6 is 0 Å². The number of rotatable bonds is 6. The maximum Gasteiger partial charge on any atom is 0.340 e. The van der Waals surface area contributed by atoms with Crippen molar-refractivity contribution in [1.29, 1.82) is 0 Å². The van der Waals surface area contributed by atoms with Gasteiger partial charge >= 0.3 is 5.97 Å². The highest BCUT2D eigenvalue weighted by molar-refractivity contribution is 6.01. The first-order valence-corrected chi connectivity index (χ1v) is 7.33. The minimum Gasteiger partial charge on any atom is -0.497 e. The number of amides is 1. The summed E-state index contributed by atoms with van der Waals surface area (Å²) in [6.07, 6.45) is 0.209. The molecule has 0 fully saturated rings. The maximum absolute atomic E-state index is 12.2. The van der Waals surface area contributed by atoms with Gasteiger partial charge in [0.15, 0.2) is 0 Å². The molecule has 0 unspecified atom stereocenters. The van der Waals surface area contributed by atoms with Gasteiger partial charge in [0.25, 0.3) is 0 Å². The zero-order valence-electron chi connectivity index (χ0n) is 13.2. The molecule has 1 N–H and O–H groups in total. The van der Waals surface area contributed by atoms with E-state index in [1.807, 2.05) is 12.1 Å². The van der Waals surface area contributed by atoms with Crippen LogP contribution in [0.5, 0.6) is 5.75 Å². The van der Waals surface area contributed by atoms with Gasteiger partial charge in [0.1, 0.15) is 5.75 Å². The Morgan fingerprint density at radius 2 is 1.74 bits per heavy atom. The Bertz CT molecular complexity index is 680. The molecule has 0 aliphatic rings. The summed E-state index contributed by atoms with van der Waals surface area (Å²) >= 11 is 0. The third-order valence-corrected chi connectivity index (χ3v) is 3.22. The molecule has 0 heterocycles. The van der Waals surface area contributed by atoms with Crippen LogP contribution in [-0.4, -0.2) is 25.6 Å².